The highest BCUT2D eigenvalue weighted by molar-refractivity contribution is 5.23. The highest BCUT2D eigenvalue weighted by Crippen LogP contribution is 2.37. The molecular weight excluding hydrogens is 251 g/mol. The van der Waals surface area contributed by atoms with Crippen LogP contribution in [0.3, 0.4) is 0 Å². The molecule has 1 saturated carbocycles. The summed E-state index contributed by atoms with van der Waals surface area (Å²) in [7, 11) is 2.20. The Morgan fingerprint density at radius 1 is 1.30 bits per heavy atom. The minimum atomic E-state index is -0.108. The molecule has 2 unspecified atom stereocenters. The van der Waals surface area contributed by atoms with E-state index in [1.54, 1.807) is 6.07 Å². The van der Waals surface area contributed by atoms with E-state index in [1.165, 1.54) is 31.1 Å². The summed E-state index contributed by atoms with van der Waals surface area (Å²) in [4.78, 5) is 2.42. The SMILES string of the molecule is CC1CN(C)CCC1NC1CC(c2cccc(F)c2)C1. The zero-order valence-electron chi connectivity index (χ0n) is 12.5. The van der Waals surface area contributed by atoms with Gasteiger partial charge in [-0.2, -0.15) is 0 Å². The fraction of sp³-hybridized carbons (Fsp3) is 0.647. The van der Waals surface area contributed by atoms with Crippen molar-refractivity contribution in [3.8, 4) is 0 Å². The molecule has 3 rings (SSSR count). The minimum absolute atomic E-state index is 0.108. The molecule has 1 aromatic carbocycles. The predicted octanol–water partition coefficient (Wildman–Crippen LogP) is 3.00. The van der Waals surface area contributed by atoms with Gasteiger partial charge in [0.05, 0.1) is 0 Å². The molecule has 1 heterocycles. The molecule has 1 saturated heterocycles. The summed E-state index contributed by atoms with van der Waals surface area (Å²) in [6.07, 6.45) is 3.56. The van der Waals surface area contributed by atoms with E-state index < -0.39 is 0 Å². The van der Waals surface area contributed by atoms with E-state index in [2.05, 4.69) is 30.3 Å². The van der Waals surface area contributed by atoms with E-state index in [9.17, 15) is 4.39 Å². The molecular formula is C17H25FN2. The first-order valence-electron chi connectivity index (χ1n) is 7.82. The lowest BCUT2D eigenvalue weighted by Crippen LogP contribution is -2.53. The molecule has 1 aliphatic carbocycles. The summed E-state index contributed by atoms with van der Waals surface area (Å²) in [6.45, 7) is 4.73. The van der Waals surface area contributed by atoms with Crippen LogP contribution in [-0.4, -0.2) is 37.1 Å². The van der Waals surface area contributed by atoms with Crippen LogP contribution in [0.25, 0.3) is 0 Å². The van der Waals surface area contributed by atoms with Crippen LogP contribution in [0.1, 0.15) is 37.7 Å². The first-order chi connectivity index (χ1) is 9.61. The Hall–Kier alpha value is -0.930. The molecule has 1 aromatic rings. The lowest BCUT2D eigenvalue weighted by Gasteiger charge is -2.43. The quantitative estimate of drug-likeness (QED) is 0.913. The van der Waals surface area contributed by atoms with E-state index in [-0.39, 0.29) is 5.82 Å². The van der Waals surface area contributed by atoms with Crippen LogP contribution in [0, 0.1) is 11.7 Å². The maximum atomic E-state index is 13.2. The smallest absolute Gasteiger partial charge is 0.123 e. The number of piperidine rings is 1. The van der Waals surface area contributed by atoms with Gasteiger partial charge in [-0.3, -0.25) is 0 Å². The second-order valence-corrected chi connectivity index (χ2v) is 6.72. The summed E-state index contributed by atoms with van der Waals surface area (Å²) < 4.78 is 13.2. The maximum Gasteiger partial charge on any atom is 0.123 e. The van der Waals surface area contributed by atoms with Crippen molar-refractivity contribution >= 4 is 0 Å². The van der Waals surface area contributed by atoms with E-state index in [1.807, 2.05) is 6.07 Å². The summed E-state index contributed by atoms with van der Waals surface area (Å²) in [5.41, 5.74) is 1.17. The molecule has 2 atom stereocenters. The van der Waals surface area contributed by atoms with Gasteiger partial charge in [0.25, 0.3) is 0 Å². The molecule has 2 fully saturated rings. The molecule has 2 nitrogen and oxygen atoms in total. The van der Waals surface area contributed by atoms with E-state index in [0.29, 0.717) is 18.0 Å². The van der Waals surface area contributed by atoms with Gasteiger partial charge in [0.15, 0.2) is 0 Å². The van der Waals surface area contributed by atoms with Gasteiger partial charge in [0, 0.05) is 18.6 Å². The predicted molar refractivity (Wildman–Crippen MR) is 80.4 cm³/mol. The average Bonchev–Trinajstić information content (AvgIpc) is 2.35. The number of halogens is 1. The third-order valence-corrected chi connectivity index (χ3v) is 5.02. The molecule has 0 radical (unpaired) electrons. The second kappa shape index (κ2) is 5.82. The molecule has 1 aliphatic heterocycles. The van der Waals surface area contributed by atoms with Crippen LogP contribution in [0.4, 0.5) is 4.39 Å². The van der Waals surface area contributed by atoms with Crippen LogP contribution in [0.5, 0.6) is 0 Å². The zero-order chi connectivity index (χ0) is 14.1. The van der Waals surface area contributed by atoms with Crippen LogP contribution in [-0.2, 0) is 0 Å². The summed E-state index contributed by atoms with van der Waals surface area (Å²) in [5.74, 6) is 1.16. The Labute approximate surface area is 121 Å². The molecule has 1 N–H and O–H groups in total. The molecule has 0 spiro atoms. The van der Waals surface area contributed by atoms with Crippen LogP contribution in [0.2, 0.25) is 0 Å². The van der Waals surface area contributed by atoms with Crippen molar-refractivity contribution in [1.82, 2.24) is 10.2 Å². The average molecular weight is 276 g/mol. The van der Waals surface area contributed by atoms with Crippen molar-refractivity contribution in [3.63, 3.8) is 0 Å². The van der Waals surface area contributed by atoms with Crippen molar-refractivity contribution < 1.29 is 4.39 Å². The van der Waals surface area contributed by atoms with Crippen LogP contribution in [0.15, 0.2) is 24.3 Å². The van der Waals surface area contributed by atoms with Crippen molar-refractivity contribution in [2.24, 2.45) is 5.92 Å². The second-order valence-electron chi connectivity index (χ2n) is 6.72. The number of hydrogen-bond acceptors (Lipinski definition) is 2. The summed E-state index contributed by atoms with van der Waals surface area (Å²) in [5, 5.41) is 3.82. The topological polar surface area (TPSA) is 15.3 Å². The number of benzene rings is 1. The first kappa shape index (κ1) is 14.0. The van der Waals surface area contributed by atoms with Gasteiger partial charge in [-0.05, 0) is 62.4 Å². The first-order valence-corrected chi connectivity index (χ1v) is 7.82. The number of hydrogen-bond donors (Lipinski definition) is 1. The Morgan fingerprint density at radius 2 is 2.10 bits per heavy atom. The minimum Gasteiger partial charge on any atom is -0.311 e. The Morgan fingerprint density at radius 3 is 2.80 bits per heavy atom. The summed E-state index contributed by atoms with van der Waals surface area (Å²) >= 11 is 0. The van der Waals surface area contributed by atoms with Crippen LogP contribution >= 0.6 is 0 Å². The Bertz CT molecular complexity index is 456. The van der Waals surface area contributed by atoms with Crippen molar-refractivity contribution in [2.45, 2.75) is 44.2 Å². The number of rotatable bonds is 3. The monoisotopic (exact) mass is 276 g/mol. The van der Waals surface area contributed by atoms with Crippen molar-refractivity contribution in [3.05, 3.63) is 35.6 Å². The maximum absolute atomic E-state index is 13.2. The molecule has 0 bridgehead atoms. The van der Waals surface area contributed by atoms with Crippen molar-refractivity contribution in [2.75, 3.05) is 20.1 Å². The lowest BCUT2D eigenvalue weighted by atomic mass is 9.75. The molecule has 0 aromatic heterocycles. The normalized spacial score (nSPS) is 34.8. The van der Waals surface area contributed by atoms with Gasteiger partial charge >= 0.3 is 0 Å². The third-order valence-electron chi connectivity index (χ3n) is 5.02. The lowest BCUT2D eigenvalue weighted by molar-refractivity contribution is 0.145. The molecule has 0 amide bonds. The van der Waals surface area contributed by atoms with Gasteiger partial charge in [-0.25, -0.2) is 4.39 Å². The van der Waals surface area contributed by atoms with E-state index in [0.717, 1.165) is 18.8 Å². The fourth-order valence-electron chi connectivity index (χ4n) is 3.69. The third kappa shape index (κ3) is 3.04. The Balaban J connectivity index is 1.49. The number of likely N-dealkylation sites (tertiary alicyclic amines) is 1. The highest BCUT2D eigenvalue weighted by Gasteiger charge is 2.34. The van der Waals surface area contributed by atoms with Crippen molar-refractivity contribution in [1.29, 1.82) is 0 Å². The highest BCUT2D eigenvalue weighted by atomic mass is 19.1. The van der Waals surface area contributed by atoms with Crippen LogP contribution < -0.4 is 5.32 Å². The van der Waals surface area contributed by atoms with Gasteiger partial charge in [-0.1, -0.05) is 19.1 Å². The largest absolute Gasteiger partial charge is 0.311 e. The van der Waals surface area contributed by atoms with Gasteiger partial charge in [-0.15, -0.1) is 0 Å². The molecule has 2 aliphatic rings. The molecule has 20 heavy (non-hydrogen) atoms. The standard InChI is InChI=1S/C17H25FN2/c1-12-11-20(2)7-6-17(12)19-16-9-14(10-16)13-4-3-5-15(18)8-13/h3-5,8,12,14,16-17,19H,6-7,9-11H2,1-2H3. The number of nitrogens with zero attached hydrogens (tertiary/aromatic N) is 1. The molecule has 3 heteroatoms. The fourth-order valence-corrected chi connectivity index (χ4v) is 3.69. The number of nitrogens with one attached hydrogen (secondary N) is 1. The Kier molecular flexibility index (Phi) is 4.08. The van der Waals surface area contributed by atoms with E-state index >= 15 is 0 Å². The van der Waals surface area contributed by atoms with E-state index in [4.69, 9.17) is 0 Å². The molecule has 110 valence electrons. The van der Waals surface area contributed by atoms with Gasteiger partial charge in [0.2, 0.25) is 0 Å². The van der Waals surface area contributed by atoms with Gasteiger partial charge < -0.3 is 10.2 Å². The van der Waals surface area contributed by atoms with Gasteiger partial charge in [0.1, 0.15) is 5.82 Å². The zero-order valence-corrected chi connectivity index (χ0v) is 12.5. The summed E-state index contributed by atoms with van der Waals surface area (Å²) in [6, 6.07) is 8.38.